The molecule has 0 saturated carbocycles. The number of ether oxygens (including phenoxy) is 1. The second-order valence-corrected chi connectivity index (χ2v) is 4.22. The molecule has 0 radical (unpaired) electrons. The van der Waals surface area contributed by atoms with Crippen LogP contribution in [0.25, 0.3) is 0 Å². The Hall–Kier alpha value is -1.22. The highest BCUT2D eigenvalue weighted by molar-refractivity contribution is 6.33. The predicted octanol–water partition coefficient (Wildman–Crippen LogP) is 3.01. The van der Waals surface area contributed by atoms with Gasteiger partial charge in [-0.2, -0.15) is 0 Å². The Bertz CT molecular complexity index is 379. The molecule has 1 unspecified atom stereocenters. The molecule has 0 aliphatic heterocycles. The number of aryl methyl sites for hydroxylation is 1. The van der Waals surface area contributed by atoms with Crippen molar-refractivity contribution in [3.8, 4) is 0 Å². The van der Waals surface area contributed by atoms with Gasteiger partial charge >= 0.3 is 5.97 Å². The zero-order valence-electron chi connectivity index (χ0n) is 9.71. The van der Waals surface area contributed by atoms with Crippen molar-refractivity contribution >= 4 is 23.3 Å². The minimum absolute atomic E-state index is 0.00764. The summed E-state index contributed by atoms with van der Waals surface area (Å²) >= 11 is 6.03. The van der Waals surface area contributed by atoms with Crippen LogP contribution in [0.15, 0.2) is 18.2 Å². The molecule has 0 saturated heterocycles. The highest BCUT2D eigenvalue weighted by atomic mass is 35.5. The van der Waals surface area contributed by atoms with Crippen LogP contribution in [0.4, 0.5) is 5.69 Å². The number of methoxy groups -OCH3 is 1. The first-order valence-corrected chi connectivity index (χ1v) is 5.50. The summed E-state index contributed by atoms with van der Waals surface area (Å²) in [6.07, 6.45) is 0.320. The molecule has 3 nitrogen and oxygen atoms in total. The molecule has 0 bridgehead atoms. The highest BCUT2D eigenvalue weighted by Crippen LogP contribution is 2.23. The topological polar surface area (TPSA) is 38.3 Å². The lowest BCUT2D eigenvalue weighted by molar-refractivity contribution is -0.140. The number of rotatable bonds is 4. The number of anilines is 1. The summed E-state index contributed by atoms with van der Waals surface area (Å²) in [5.41, 5.74) is 1.97. The van der Waals surface area contributed by atoms with Crippen LogP contribution in [0.5, 0.6) is 0 Å². The van der Waals surface area contributed by atoms with E-state index in [1.807, 2.05) is 32.0 Å². The molecule has 1 aromatic rings. The molecule has 1 rings (SSSR count). The maximum atomic E-state index is 11.1. The number of hydrogen-bond acceptors (Lipinski definition) is 3. The van der Waals surface area contributed by atoms with E-state index < -0.39 is 0 Å². The molecule has 0 heterocycles. The van der Waals surface area contributed by atoms with Crippen LogP contribution >= 0.6 is 11.6 Å². The second-order valence-electron chi connectivity index (χ2n) is 3.81. The lowest BCUT2D eigenvalue weighted by Crippen LogP contribution is -2.20. The van der Waals surface area contributed by atoms with E-state index in [2.05, 4.69) is 10.1 Å². The Kier molecular flexibility index (Phi) is 4.62. The summed E-state index contributed by atoms with van der Waals surface area (Å²) in [4.78, 5) is 11.1. The van der Waals surface area contributed by atoms with Crippen molar-refractivity contribution in [2.24, 2.45) is 0 Å². The van der Waals surface area contributed by atoms with Crippen molar-refractivity contribution in [1.29, 1.82) is 0 Å². The molecule has 1 aromatic carbocycles. The van der Waals surface area contributed by atoms with E-state index in [-0.39, 0.29) is 12.0 Å². The minimum atomic E-state index is -0.233. The van der Waals surface area contributed by atoms with Gasteiger partial charge in [-0.25, -0.2) is 0 Å². The van der Waals surface area contributed by atoms with Crippen LogP contribution in [0.1, 0.15) is 18.9 Å². The standard InChI is InChI=1S/C12H16ClNO2/c1-8-4-5-10(13)11(6-8)14-9(2)7-12(15)16-3/h4-6,9,14H,7H2,1-3H3. The summed E-state index contributed by atoms with van der Waals surface area (Å²) < 4.78 is 4.60. The lowest BCUT2D eigenvalue weighted by Gasteiger charge is -2.15. The van der Waals surface area contributed by atoms with Crippen molar-refractivity contribution in [1.82, 2.24) is 0 Å². The normalized spacial score (nSPS) is 12.0. The molecule has 0 aliphatic carbocycles. The van der Waals surface area contributed by atoms with Gasteiger partial charge in [0.15, 0.2) is 0 Å². The summed E-state index contributed by atoms with van der Waals surface area (Å²) in [7, 11) is 1.38. The smallest absolute Gasteiger partial charge is 0.307 e. The molecule has 1 N–H and O–H groups in total. The molecule has 0 aromatic heterocycles. The van der Waals surface area contributed by atoms with Crippen molar-refractivity contribution in [3.63, 3.8) is 0 Å². The average molecular weight is 242 g/mol. The third kappa shape index (κ3) is 3.74. The zero-order valence-corrected chi connectivity index (χ0v) is 10.5. The van der Waals surface area contributed by atoms with E-state index in [1.54, 1.807) is 0 Å². The van der Waals surface area contributed by atoms with Crippen LogP contribution in [0.3, 0.4) is 0 Å². The van der Waals surface area contributed by atoms with Gasteiger partial charge in [-0.15, -0.1) is 0 Å². The zero-order chi connectivity index (χ0) is 12.1. The summed E-state index contributed by atoms with van der Waals surface area (Å²) in [5.74, 6) is -0.233. The van der Waals surface area contributed by atoms with Gasteiger partial charge in [0.2, 0.25) is 0 Å². The SMILES string of the molecule is COC(=O)CC(C)Nc1cc(C)ccc1Cl. The minimum Gasteiger partial charge on any atom is -0.469 e. The van der Waals surface area contributed by atoms with Gasteiger partial charge in [-0.3, -0.25) is 4.79 Å². The van der Waals surface area contributed by atoms with Crippen LogP contribution < -0.4 is 5.32 Å². The number of carbonyl (C=O) groups excluding carboxylic acids is 1. The summed E-state index contributed by atoms with van der Waals surface area (Å²) in [6.45, 7) is 3.90. The molecule has 0 fully saturated rings. The van der Waals surface area contributed by atoms with E-state index in [4.69, 9.17) is 11.6 Å². The molecule has 4 heteroatoms. The first-order valence-electron chi connectivity index (χ1n) is 5.12. The number of halogens is 1. The van der Waals surface area contributed by atoms with Gasteiger partial charge in [-0.05, 0) is 31.5 Å². The van der Waals surface area contributed by atoms with E-state index in [0.717, 1.165) is 11.3 Å². The molecule has 0 spiro atoms. The molecule has 0 amide bonds. The number of carbonyl (C=O) groups is 1. The van der Waals surface area contributed by atoms with Crippen molar-refractivity contribution < 1.29 is 9.53 Å². The van der Waals surface area contributed by atoms with Gasteiger partial charge in [0.1, 0.15) is 0 Å². The first kappa shape index (κ1) is 12.8. The van der Waals surface area contributed by atoms with Crippen LogP contribution in [-0.4, -0.2) is 19.1 Å². The molecular formula is C12H16ClNO2. The fourth-order valence-corrected chi connectivity index (χ4v) is 1.57. The quantitative estimate of drug-likeness (QED) is 0.824. The van der Waals surface area contributed by atoms with E-state index in [9.17, 15) is 4.79 Å². The molecule has 16 heavy (non-hydrogen) atoms. The van der Waals surface area contributed by atoms with Crippen LogP contribution in [0.2, 0.25) is 5.02 Å². The Morgan fingerprint density at radius 1 is 1.56 bits per heavy atom. The van der Waals surface area contributed by atoms with E-state index in [0.29, 0.717) is 11.4 Å². The highest BCUT2D eigenvalue weighted by Gasteiger charge is 2.10. The average Bonchev–Trinajstić information content (AvgIpc) is 2.23. The van der Waals surface area contributed by atoms with E-state index in [1.165, 1.54) is 7.11 Å². The van der Waals surface area contributed by atoms with Crippen molar-refractivity contribution in [3.05, 3.63) is 28.8 Å². The van der Waals surface area contributed by atoms with Crippen molar-refractivity contribution in [2.45, 2.75) is 26.3 Å². The van der Waals surface area contributed by atoms with Crippen molar-refractivity contribution in [2.75, 3.05) is 12.4 Å². The monoisotopic (exact) mass is 241 g/mol. The lowest BCUT2D eigenvalue weighted by atomic mass is 10.2. The number of nitrogens with one attached hydrogen (secondary N) is 1. The maximum Gasteiger partial charge on any atom is 0.307 e. The number of hydrogen-bond donors (Lipinski definition) is 1. The van der Waals surface area contributed by atoms with Gasteiger partial charge in [0.25, 0.3) is 0 Å². The Morgan fingerprint density at radius 2 is 2.25 bits per heavy atom. The Labute approximate surface area is 101 Å². The van der Waals surface area contributed by atoms with Gasteiger partial charge < -0.3 is 10.1 Å². The fourth-order valence-electron chi connectivity index (χ4n) is 1.40. The Balaban J connectivity index is 2.65. The Morgan fingerprint density at radius 3 is 2.88 bits per heavy atom. The van der Waals surface area contributed by atoms with Crippen LogP contribution in [-0.2, 0) is 9.53 Å². The van der Waals surface area contributed by atoms with Gasteiger partial charge in [-0.1, -0.05) is 17.7 Å². The summed E-state index contributed by atoms with van der Waals surface area (Å²) in [5, 5.41) is 3.84. The van der Waals surface area contributed by atoms with Gasteiger partial charge in [0.05, 0.1) is 24.2 Å². The largest absolute Gasteiger partial charge is 0.469 e. The first-order chi connectivity index (χ1) is 7.52. The molecular weight excluding hydrogens is 226 g/mol. The third-order valence-corrected chi connectivity index (χ3v) is 2.55. The summed E-state index contributed by atoms with van der Waals surface area (Å²) in [6, 6.07) is 5.73. The van der Waals surface area contributed by atoms with Crippen LogP contribution in [0, 0.1) is 6.92 Å². The maximum absolute atomic E-state index is 11.1. The number of benzene rings is 1. The third-order valence-electron chi connectivity index (χ3n) is 2.22. The second kappa shape index (κ2) is 5.75. The molecule has 88 valence electrons. The van der Waals surface area contributed by atoms with E-state index >= 15 is 0 Å². The predicted molar refractivity (Wildman–Crippen MR) is 65.9 cm³/mol. The molecule has 1 atom stereocenters. The molecule has 0 aliphatic rings. The number of esters is 1. The fraction of sp³-hybridized carbons (Fsp3) is 0.417. The van der Waals surface area contributed by atoms with Gasteiger partial charge in [0, 0.05) is 6.04 Å².